The van der Waals surface area contributed by atoms with Crippen LogP contribution >= 0.6 is 15.9 Å². The highest BCUT2D eigenvalue weighted by Crippen LogP contribution is 2.22. The van der Waals surface area contributed by atoms with Gasteiger partial charge < -0.3 is 9.47 Å². The number of ether oxygens (including phenoxy) is 2. The van der Waals surface area contributed by atoms with Gasteiger partial charge in [0.1, 0.15) is 0 Å². The first-order valence-corrected chi connectivity index (χ1v) is 5.24. The molecule has 1 heterocycles. The van der Waals surface area contributed by atoms with E-state index in [1.54, 1.807) is 14.2 Å². The third-order valence-electron chi connectivity index (χ3n) is 1.87. The molecule has 0 saturated carbocycles. The third kappa shape index (κ3) is 3.27. The standard InChI is InChI=1S/C10H14BrNO2/c1-13-5-3-4-8-6-9(11)10(14-2)12-7-8/h6-7H,3-5H2,1-2H3. The maximum atomic E-state index is 5.04. The molecule has 0 aliphatic heterocycles. The van der Waals surface area contributed by atoms with Gasteiger partial charge in [-0.25, -0.2) is 4.98 Å². The van der Waals surface area contributed by atoms with E-state index in [0.717, 1.165) is 23.9 Å². The number of hydrogen-bond acceptors (Lipinski definition) is 3. The molecule has 14 heavy (non-hydrogen) atoms. The first-order valence-electron chi connectivity index (χ1n) is 4.45. The fraction of sp³-hybridized carbons (Fsp3) is 0.500. The molecule has 0 atom stereocenters. The first-order chi connectivity index (χ1) is 6.77. The highest BCUT2D eigenvalue weighted by molar-refractivity contribution is 9.10. The monoisotopic (exact) mass is 259 g/mol. The highest BCUT2D eigenvalue weighted by Gasteiger charge is 2.02. The van der Waals surface area contributed by atoms with Crippen LogP contribution in [0, 0.1) is 0 Å². The summed E-state index contributed by atoms with van der Waals surface area (Å²) in [5, 5.41) is 0. The Morgan fingerprint density at radius 2 is 2.21 bits per heavy atom. The summed E-state index contributed by atoms with van der Waals surface area (Å²) in [5.74, 6) is 0.625. The number of aryl methyl sites for hydroxylation is 1. The van der Waals surface area contributed by atoms with Crippen molar-refractivity contribution in [2.45, 2.75) is 12.8 Å². The maximum absolute atomic E-state index is 5.04. The Balaban J connectivity index is 2.57. The van der Waals surface area contributed by atoms with Gasteiger partial charge in [0.15, 0.2) is 0 Å². The van der Waals surface area contributed by atoms with Crippen LogP contribution in [0.4, 0.5) is 0 Å². The second kappa shape index (κ2) is 5.98. The first kappa shape index (κ1) is 11.5. The van der Waals surface area contributed by atoms with Crippen LogP contribution in [0.1, 0.15) is 12.0 Å². The average Bonchev–Trinajstić information content (AvgIpc) is 2.18. The van der Waals surface area contributed by atoms with Gasteiger partial charge in [0, 0.05) is 19.9 Å². The van der Waals surface area contributed by atoms with E-state index in [1.165, 1.54) is 5.56 Å². The number of methoxy groups -OCH3 is 2. The summed E-state index contributed by atoms with van der Waals surface area (Å²) < 4.78 is 10.9. The summed E-state index contributed by atoms with van der Waals surface area (Å²) in [6, 6.07) is 2.03. The van der Waals surface area contributed by atoms with Crippen molar-refractivity contribution >= 4 is 15.9 Å². The minimum absolute atomic E-state index is 0.625. The van der Waals surface area contributed by atoms with Crippen LogP contribution < -0.4 is 4.74 Å². The molecule has 1 rings (SSSR count). The Morgan fingerprint density at radius 3 is 2.79 bits per heavy atom. The Bertz CT molecular complexity index is 291. The van der Waals surface area contributed by atoms with Crippen molar-refractivity contribution in [3.8, 4) is 5.88 Å². The van der Waals surface area contributed by atoms with E-state index in [0.29, 0.717) is 5.88 Å². The average molecular weight is 260 g/mol. The van der Waals surface area contributed by atoms with Crippen molar-refractivity contribution in [3.05, 3.63) is 22.3 Å². The van der Waals surface area contributed by atoms with Gasteiger partial charge in [-0.1, -0.05) is 0 Å². The number of nitrogens with zero attached hydrogens (tertiary/aromatic N) is 1. The molecule has 0 aromatic carbocycles. The van der Waals surface area contributed by atoms with Crippen molar-refractivity contribution in [1.82, 2.24) is 4.98 Å². The molecule has 0 bridgehead atoms. The largest absolute Gasteiger partial charge is 0.480 e. The molecule has 0 saturated heterocycles. The van der Waals surface area contributed by atoms with E-state index in [9.17, 15) is 0 Å². The highest BCUT2D eigenvalue weighted by atomic mass is 79.9. The predicted molar refractivity (Wildman–Crippen MR) is 58.7 cm³/mol. The molecule has 0 aliphatic carbocycles. The summed E-state index contributed by atoms with van der Waals surface area (Å²) >= 11 is 3.40. The topological polar surface area (TPSA) is 31.4 Å². The fourth-order valence-corrected chi connectivity index (χ4v) is 1.73. The molecular weight excluding hydrogens is 246 g/mol. The molecule has 0 spiro atoms. The van der Waals surface area contributed by atoms with E-state index in [1.807, 2.05) is 12.3 Å². The van der Waals surface area contributed by atoms with Crippen LogP contribution in [0.15, 0.2) is 16.7 Å². The third-order valence-corrected chi connectivity index (χ3v) is 2.44. The molecule has 0 unspecified atom stereocenters. The smallest absolute Gasteiger partial charge is 0.227 e. The summed E-state index contributed by atoms with van der Waals surface area (Å²) in [6.07, 6.45) is 3.82. The Morgan fingerprint density at radius 1 is 1.43 bits per heavy atom. The van der Waals surface area contributed by atoms with E-state index in [-0.39, 0.29) is 0 Å². The number of hydrogen-bond donors (Lipinski definition) is 0. The number of aromatic nitrogens is 1. The van der Waals surface area contributed by atoms with Gasteiger partial charge in [0.2, 0.25) is 5.88 Å². The zero-order valence-electron chi connectivity index (χ0n) is 8.42. The molecule has 0 radical (unpaired) electrons. The molecule has 0 N–H and O–H groups in total. The van der Waals surface area contributed by atoms with Crippen LogP contribution in [0.2, 0.25) is 0 Å². The van der Waals surface area contributed by atoms with Crippen molar-refractivity contribution in [1.29, 1.82) is 0 Å². The van der Waals surface area contributed by atoms with Crippen LogP contribution in [0.3, 0.4) is 0 Å². The molecule has 3 nitrogen and oxygen atoms in total. The summed E-state index contributed by atoms with van der Waals surface area (Å²) in [5.41, 5.74) is 1.19. The van der Waals surface area contributed by atoms with Crippen LogP contribution in [-0.2, 0) is 11.2 Å². The summed E-state index contributed by atoms with van der Waals surface area (Å²) in [4.78, 5) is 4.17. The second-order valence-electron chi connectivity index (χ2n) is 2.93. The van der Waals surface area contributed by atoms with Gasteiger partial charge >= 0.3 is 0 Å². The van der Waals surface area contributed by atoms with Gasteiger partial charge in [-0.15, -0.1) is 0 Å². The maximum Gasteiger partial charge on any atom is 0.227 e. The van der Waals surface area contributed by atoms with Gasteiger partial charge in [-0.2, -0.15) is 0 Å². The van der Waals surface area contributed by atoms with Gasteiger partial charge in [0.25, 0.3) is 0 Å². The Labute approximate surface area is 92.6 Å². The SMILES string of the molecule is COCCCc1cnc(OC)c(Br)c1. The van der Waals surface area contributed by atoms with E-state index in [4.69, 9.17) is 9.47 Å². The molecule has 1 aromatic rings. The summed E-state index contributed by atoms with van der Waals surface area (Å²) in [6.45, 7) is 0.781. The van der Waals surface area contributed by atoms with Gasteiger partial charge in [0.05, 0.1) is 11.6 Å². The Kier molecular flexibility index (Phi) is 4.90. The fourth-order valence-electron chi connectivity index (χ4n) is 1.17. The van der Waals surface area contributed by atoms with Crippen LogP contribution in [-0.4, -0.2) is 25.8 Å². The van der Waals surface area contributed by atoms with Crippen LogP contribution in [0.5, 0.6) is 5.88 Å². The van der Waals surface area contributed by atoms with Gasteiger partial charge in [-0.3, -0.25) is 0 Å². The number of halogens is 1. The molecule has 0 aliphatic rings. The quantitative estimate of drug-likeness (QED) is 0.762. The predicted octanol–water partition coefficient (Wildman–Crippen LogP) is 2.43. The minimum atomic E-state index is 0.625. The number of pyridine rings is 1. The van der Waals surface area contributed by atoms with Crippen LogP contribution in [0.25, 0.3) is 0 Å². The molecular formula is C10H14BrNO2. The lowest BCUT2D eigenvalue weighted by Gasteiger charge is -2.04. The zero-order valence-corrected chi connectivity index (χ0v) is 10.0. The Hall–Kier alpha value is -0.610. The van der Waals surface area contributed by atoms with Crippen molar-refractivity contribution in [2.24, 2.45) is 0 Å². The molecule has 4 heteroatoms. The van der Waals surface area contributed by atoms with E-state index in [2.05, 4.69) is 20.9 Å². The number of rotatable bonds is 5. The molecule has 0 fully saturated rings. The molecule has 0 amide bonds. The lowest BCUT2D eigenvalue weighted by molar-refractivity contribution is 0.195. The van der Waals surface area contributed by atoms with Crippen molar-refractivity contribution < 1.29 is 9.47 Å². The van der Waals surface area contributed by atoms with Crippen molar-refractivity contribution in [3.63, 3.8) is 0 Å². The van der Waals surface area contributed by atoms with E-state index < -0.39 is 0 Å². The normalized spacial score (nSPS) is 10.2. The molecule has 1 aromatic heterocycles. The van der Waals surface area contributed by atoms with Gasteiger partial charge in [-0.05, 0) is 40.4 Å². The summed E-state index contributed by atoms with van der Waals surface area (Å²) in [7, 11) is 3.32. The van der Waals surface area contributed by atoms with E-state index >= 15 is 0 Å². The molecule has 78 valence electrons. The lowest BCUT2D eigenvalue weighted by atomic mass is 10.2. The zero-order chi connectivity index (χ0) is 10.4. The lowest BCUT2D eigenvalue weighted by Crippen LogP contribution is -1.95. The van der Waals surface area contributed by atoms with Crippen molar-refractivity contribution in [2.75, 3.05) is 20.8 Å². The second-order valence-corrected chi connectivity index (χ2v) is 3.79. The minimum Gasteiger partial charge on any atom is -0.480 e.